The van der Waals surface area contributed by atoms with Gasteiger partial charge in [-0.2, -0.15) is 4.98 Å². The van der Waals surface area contributed by atoms with E-state index in [2.05, 4.69) is 20.6 Å². The van der Waals surface area contributed by atoms with Gasteiger partial charge in [0.2, 0.25) is 17.7 Å². The molecule has 1 aromatic carbocycles. The van der Waals surface area contributed by atoms with Crippen molar-refractivity contribution in [2.24, 2.45) is 0 Å². The number of nitrogens with zero attached hydrogens (tertiary/aromatic N) is 2. The quantitative estimate of drug-likeness (QED) is 0.868. The van der Waals surface area contributed by atoms with Crippen molar-refractivity contribution in [2.75, 3.05) is 24.3 Å². The largest absolute Gasteiger partial charge is 0.481 e. The first-order valence-corrected chi connectivity index (χ1v) is 6.16. The molecule has 0 aliphatic rings. The third-order valence-corrected chi connectivity index (χ3v) is 2.52. The lowest BCUT2D eigenvalue weighted by Crippen LogP contribution is -2.23. The molecule has 1 aromatic heterocycles. The van der Waals surface area contributed by atoms with E-state index in [1.807, 2.05) is 37.3 Å². The SMILES string of the molecule is COc1cc(C)nc(NC(=O)CNc2ccccc2)n1. The number of rotatable bonds is 5. The van der Waals surface area contributed by atoms with Crippen LogP contribution in [0.2, 0.25) is 0 Å². The summed E-state index contributed by atoms with van der Waals surface area (Å²) in [5.74, 6) is 0.437. The summed E-state index contributed by atoms with van der Waals surface area (Å²) in [6.45, 7) is 1.95. The molecule has 0 unspecified atom stereocenters. The van der Waals surface area contributed by atoms with Gasteiger partial charge in [0.25, 0.3) is 0 Å². The summed E-state index contributed by atoms with van der Waals surface area (Å²) in [6, 6.07) is 11.2. The number of nitrogens with one attached hydrogen (secondary N) is 2. The molecule has 0 atom stereocenters. The fourth-order valence-corrected chi connectivity index (χ4v) is 1.61. The van der Waals surface area contributed by atoms with Crippen LogP contribution >= 0.6 is 0 Å². The Morgan fingerprint density at radius 3 is 2.70 bits per heavy atom. The summed E-state index contributed by atoms with van der Waals surface area (Å²) in [6.07, 6.45) is 0. The molecule has 20 heavy (non-hydrogen) atoms. The van der Waals surface area contributed by atoms with Crippen molar-refractivity contribution in [1.29, 1.82) is 0 Å². The summed E-state index contributed by atoms with van der Waals surface area (Å²) in [5, 5.41) is 5.63. The number of ether oxygens (including phenoxy) is 1. The zero-order chi connectivity index (χ0) is 14.4. The number of amides is 1. The van der Waals surface area contributed by atoms with Crippen LogP contribution in [-0.4, -0.2) is 29.5 Å². The maximum atomic E-state index is 11.8. The molecular weight excluding hydrogens is 256 g/mol. The van der Waals surface area contributed by atoms with Crippen molar-refractivity contribution < 1.29 is 9.53 Å². The highest BCUT2D eigenvalue weighted by molar-refractivity contribution is 5.92. The van der Waals surface area contributed by atoms with E-state index in [1.54, 1.807) is 6.07 Å². The Labute approximate surface area is 117 Å². The Kier molecular flexibility index (Phi) is 4.49. The van der Waals surface area contributed by atoms with Crippen molar-refractivity contribution in [3.63, 3.8) is 0 Å². The predicted octanol–water partition coefficient (Wildman–Crippen LogP) is 1.84. The van der Waals surface area contributed by atoms with Gasteiger partial charge in [0.15, 0.2) is 0 Å². The highest BCUT2D eigenvalue weighted by atomic mass is 16.5. The molecule has 104 valence electrons. The van der Waals surface area contributed by atoms with E-state index in [4.69, 9.17) is 4.74 Å². The number of hydrogen-bond acceptors (Lipinski definition) is 5. The smallest absolute Gasteiger partial charge is 0.246 e. The molecule has 0 aliphatic carbocycles. The van der Waals surface area contributed by atoms with Gasteiger partial charge < -0.3 is 10.1 Å². The number of hydrogen-bond donors (Lipinski definition) is 2. The van der Waals surface area contributed by atoms with Gasteiger partial charge in [-0.3, -0.25) is 10.1 Å². The Morgan fingerprint density at radius 2 is 2.00 bits per heavy atom. The highest BCUT2D eigenvalue weighted by Crippen LogP contribution is 2.11. The van der Waals surface area contributed by atoms with Crippen LogP contribution in [0.25, 0.3) is 0 Å². The average Bonchev–Trinajstić information content (AvgIpc) is 2.45. The van der Waals surface area contributed by atoms with Crippen LogP contribution in [-0.2, 0) is 4.79 Å². The summed E-state index contributed by atoms with van der Waals surface area (Å²) < 4.78 is 5.03. The second-order valence-electron chi connectivity index (χ2n) is 4.14. The van der Waals surface area contributed by atoms with Crippen molar-refractivity contribution >= 4 is 17.5 Å². The lowest BCUT2D eigenvalue weighted by atomic mass is 10.3. The Balaban J connectivity index is 1.93. The number of anilines is 2. The van der Waals surface area contributed by atoms with E-state index in [1.165, 1.54) is 7.11 Å². The molecule has 0 bridgehead atoms. The third-order valence-electron chi connectivity index (χ3n) is 2.52. The summed E-state index contributed by atoms with van der Waals surface area (Å²) >= 11 is 0. The first-order valence-electron chi connectivity index (χ1n) is 6.16. The second kappa shape index (κ2) is 6.51. The molecule has 0 aliphatic heterocycles. The molecular formula is C14H16N4O2. The molecule has 6 nitrogen and oxygen atoms in total. The van der Waals surface area contributed by atoms with Crippen molar-refractivity contribution in [3.05, 3.63) is 42.1 Å². The van der Waals surface area contributed by atoms with Crippen LogP contribution in [0.1, 0.15) is 5.69 Å². The number of carbonyl (C=O) groups is 1. The molecule has 0 spiro atoms. The number of aromatic nitrogens is 2. The van der Waals surface area contributed by atoms with Gasteiger partial charge in [-0.25, -0.2) is 4.98 Å². The zero-order valence-corrected chi connectivity index (χ0v) is 11.4. The van der Waals surface area contributed by atoms with Crippen LogP contribution in [0, 0.1) is 6.92 Å². The predicted molar refractivity (Wildman–Crippen MR) is 76.9 cm³/mol. The van der Waals surface area contributed by atoms with Gasteiger partial charge in [-0.1, -0.05) is 18.2 Å². The van der Waals surface area contributed by atoms with Gasteiger partial charge >= 0.3 is 0 Å². The van der Waals surface area contributed by atoms with Crippen LogP contribution in [0.15, 0.2) is 36.4 Å². The Morgan fingerprint density at radius 1 is 1.25 bits per heavy atom. The van der Waals surface area contributed by atoms with Crippen LogP contribution in [0.4, 0.5) is 11.6 Å². The minimum absolute atomic E-state index is 0.142. The first kappa shape index (κ1) is 13.8. The molecule has 1 heterocycles. The fraction of sp³-hybridized carbons (Fsp3) is 0.214. The minimum atomic E-state index is -0.221. The van der Waals surface area contributed by atoms with E-state index in [-0.39, 0.29) is 18.4 Å². The average molecular weight is 272 g/mol. The molecule has 0 saturated carbocycles. The molecule has 2 aromatic rings. The molecule has 1 amide bonds. The van der Waals surface area contributed by atoms with Crippen LogP contribution in [0.5, 0.6) is 5.88 Å². The molecule has 0 saturated heterocycles. The number of benzene rings is 1. The topological polar surface area (TPSA) is 76.1 Å². The van der Waals surface area contributed by atoms with Gasteiger partial charge in [0.1, 0.15) is 0 Å². The van der Waals surface area contributed by atoms with Crippen molar-refractivity contribution in [2.45, 2.75) is 6.92 Å². The molecule has 2 rings (SSSR count). The summed E-state index contributed by atoms with van der Waals surface area (Å²) in [4.78, 5) is 20.0. The zero-order valence-electron chi connectivity index (χ0n) is 11.4. The molecule has 2 N–H and O–H groups in total. The minimum Gasteiger partial charge on any atom is -0.481 e. The highest BCUT2D eigenvalue weighted by Gasteiger charge is 2.07. The van der Waals surface area contributed by atoms with E-state index < -0.39 is 0 Å². The molecule has 0 radical (unpaired) electrons. The third kappa shape index (κ3) is 3.94. The maximum absolute atomic E-state index is 11.8. The molecule has 0 fully saturated rings. The fourth-order valence-electron chi connectivity index (χ4n) is 1.61. The van der Waals surface area contributed by atoms with E-state index >= 15 is 0 Å². The second-order valence-corrected chi connectivity index (χ2v) is 4.14. The number of carbonyl (C=O) groups excluding carboxylic acids is 1. The monoisotopic (exact) mass is 272 g/mol. The number of methoxy groups -OCH3 is 1. The number of para-hydroxylation sites is 1. The Bertz CT molecular complexity index is 587. The van der Waals surface area contributed by atoms with Crippen LogP contribution < -0.4 is 15.4 Å². The van der Waals surface area contributed by atoms with Crippen LogP contribution in [0.3, 0.4) is 0 Å². The first-order chi connectivity index (χ1) is 9.67. The van der Waals surface area contributed by atoms with Gasteiger partial charge in [-0.05, 0) is 19.1 Å². The van der Waals surface area contributed by atoms with Crippen molar-refractivity contribution in [3.8, 4) is 5.88 Å². The lowest BCUT2D eigenvalue weighted by Gasteiger charge is -2.08. The van der Waals surface area contributed by atoms with Gasteiger partial charge in [0.05, 0.1) is 13.7 Å². The standard InChI is InChI=1S/C14H16N4O2/c1-10-8-13(20-2)18-14(16-10)17-12(19)9-15-11-6-4-3-5-7-11/h3-8,15H,9H2,1-2H3,(H,16,17,18,19). The Hall–Kier alpha value is -2.63. The number of aryl methyl sites for hydroxylation is 1. The van der Waals surface area contributed by atoms with E-state index in [0.29, 0.717) is 5.88 Å². The normalized spacial score (nSPS) is 9.90. The van der Waals surface area contributed by atoms with Gasteiger partial charge in [0, 0.05) is 17.4 Å². The van der Waals surface area contributed by atoms with Crippen molar-refractivity contribution in [1.82, 2.24) is 9.97 Å². The van der Waals surface area contributed by atoms with E-state index in [9.17, 15) is 4.79 Å². The summed E-state index contributed by atoms with van der Waals surface area (Å²) in [7, 11) is 1.52. The van der Waals surface area contributed by atoms with E-state index in [0.717, 1.165) is 11.4 Å². The van der Waals surface area contributed by atoms with Gasteiger partial charge in [-0.15, -0.1) is 0 Å². The summed E-state index contributed by atoms with van der Waals surface area (Å²) in [5.41, 5.74) is 1.61. The lowest BCUT2D eigenvalue weighted by molar-refractivity contribution is -0.114. The maximum Gasteiger partial charge on any atom is 0.246 e. The molecule has 6 heteroatoms.